The minimum absolute atomic E-state index is 0.0146. The molecule has 0 bridgehead atoms. The van der Waals surface area contributed by atoms with Crippen LogP contribution in [0.5, 0.6) is 0 Å². The van der Waals surface area contributed by atoms with E-state index in [0.717, 1.165) is 6.42 Å². The summed E-state index contributed by atoms with van der Waals surface area (Å²) >= 11 is 0. The topological polar surface area (TPSA) is 71.2 Å². The van der Waals surface area contributed by atoms with Gasteiger partial charge in [-0.2, -0.15) is 0 Å². The Morgan fingerprint density at radius 2 is 2.29 bits per heavy atom. The van der Waals surface area contributed by atoms with Gasteiger partial charge in [0, 0.05) is 24.3 Å². The fourth-order valence-electron chi connectivity index (χ4n) is 1.68. The van der Waals surface area contributed by atoms with E-state index in [4.69, 9.17) is 5.84 Å². The van der Waals surface area contributed by atoms with E-state index in [0.29, 0.717) is 17.9 Å². The molecular formula is C12H20N4O. The van der Waals surface area contributed by atoms with Gasteiger partial charge in [-0.25, -0.2) is 10.8 Å². The number of carbonyl (C=O) groups excluding carboxylic acids is 1. The molecule has 1 unspecified atom stereocenters. The SMILES string of the molecule is CCC(C)N(CC)C(=O)c1ccnc(NN)c1. The maximum atomic E-state index is 12.3. The number of pyridine rings is 1. The van der Waals surface area contributed by atoms with Crippen molar-refractivity contribution in [1.82, 2.24) is 9.88 Å². The van der Waals surface area contributed by atoms with Crippen LogP contribution < -0.4 is 11.3 Å². The quantitative estimate of drug-likeness (QED) is 0.602. The lowest BCUT2D eigenvalue weighted by atomic mass is 10.1. The van der Waals surface area contributed by atoms with Gasteiger partial charge in [0.25, 0.3) is 5.91 Å². The highest BCUT2D eigenvalue weighted by Gasteiger charge is 2.18. The number of hydrazine groups is 1. The summed E-state index contributed by atoms with van der Waals surface area (Å²) in [4.78, 5) is 18.1. The summed E-state index contributed by atoms with van der Waals surface area (Å²) in [7, 11) is 0. The van der Waals surface area contributed by atoms with Crippen LogP contribution in [0.25, 0.3) is 0 Å². The minimum atomic E-state index is 0.0146. The molecule has 0 aromatic carbocycles. The second kappa shape index (κ2) is 6.20. The maximum Gasteiger partial charge on any atom is 0.254 e. The lowest BCUT2D eigenvalue weighted by molar-refractivity contribution is 0.0700. The molecule has 3 N–H and O–H groups in total. The predicted octanol–water partition coefficient (Wildman–Crippen LogP) is 1.63. The molecule has 1 atom stereocenters. The molecule has 94 valence electrons. The summed E-state index contributed by atoms with van der Waals surface area (Å²) in [5.41, 5.74) is 3.05. The number of carbonyl (C=O) groups is 1. The molecule has 0 saturated carbocycles. The summed E-state index contributed by atoms with van der Waals surface area (Å²) in [6.07, 6.45) is 2.51. The fourth-order valence-corrected chi connectivity index (χ4v) is 1.68. The molecule has 1 aromatic heterocycles. The fraction of sp³-hybridized carbons (Fsp3) is 0.500. The van der Waals surface area contributed by atoms with Crippen LogP contribution in [0.4, 0.5) is 5.82 Å². The van der Waals surface area contributed by atoms with Gasteiger partial charge in [-0.1, -0.05) is 6.92 Å². The summed E-state index contributed by atoms with van der Waals surface area (Å²) < 4.78 is 0. The third-order valence-corrected chi connectivity index (χ3v) is 2.88. The molecule has 1 aromatic rings. The molecule has 0 radical (unpaired) electrons. The highest BCUT2D eigenvalue weighted by atomic mass is 16.2. The molecule has 0 spiro atoms. The summed E-state index contributed by atoms with van der Waals surface area (Å²) in [5.74, 6) is 5.79. The average Bonchev–Trinajstić information content (AvgIpc) is 2.39. The van der Waals surface area contributed by atoms with E-state index < -0.39 is 0 Å². The molecule has 1 heterocycles. The Hall–Kier alpha value is -1.62. The van der Waals surface area contributed by atoms with Crippen LogP contribution in [0.15, 0.2) is 18.3 Å². The Morgan fingerprint density at radius 1 is 1.59 bits per heavy atom. The Kier molecular flexibility index (Phi) is 4.90. The van der Waals surface area contributed by atoms with Crippen molar-refractivity contribution < 1.29 is 4.79 Å². The first-order valence-corrected chi connectivity index (χ1v) is 5.87. The molecule has 5 nitrogen and oxygen atoms in total. The molecule has 5 heteroatoms. The molecule has 1 amide bonds. The molecule has 0 saturated heterocycles. The first kappa shape index (κ1) is 13.4. The van der Waals surface area contributed by atoms with Gasteiger partial charge in [-0.05, 0) is 32.4 Å². The second-order valence-corrected chi connectivity index (χ2v) is 3.92. The van der Waals surface area contributed by atoms with E-state index in [1.807, 2.05) is 18.7 Å². The number of anilines is 1. The van der Waals surface area contributed by atoms with Crippen LogP contribution in [0.3, 0.4) is 0 Å². The molecular weight excluding hydrogens is 216 g/mol. The zero-order valence-electron chi connectivity index (χ0n) is 10.6. The van der Waals surface area contributed by atoms with Gasteiger partial charge in [0.05, 0.1) is 0 Å². The smallest absolute Gasteiger partial charge is 0.254 e. The number of nitrogens with zero attached hydrogens (tertiary/aromatic N) is 2. The standard InChI is InChI=1S/C12H20N4O/c1-4-9(3)16(5-2)12(17)10-6-7-14-11(8-10)15-13/h6-9H,4-5,13H2,1-3H3,(H,14,15). The van der Waals surface area contributed by atoms with Gasteiger partial charge < -0.3 is 10.3 Å². The number of amides is 1. The number of nitrogen functional groups attached to an aromatic ring is 1. The molecule has 0 fully saturated rings. The lowest BCUT2D eigenvalue weighted by Gasteiger charge is -2.27. The Bertz CT molecular complexity index is 381. The van der Waals surface area contributed by atoms with Gasteiger partial charge in [0.15, 0.2) is 0 Å². The Balaban J connectivity index is 2.93. The lowest BCUT2D eigenvalue weighted by Crippen LogP contribution is -2.38. The van der Waals surface area contributed by atoms with Gasteiger partial charge >= 0.3 is 0 Å². The zero-order chi connectivity index (χ0) is 12.8. The van der Waals surface area contributed by atoms with Crippen LogP contribution in [0.1, 0.15) is 37.6 Å². The van der Waals surface area contributed by atoms with E-state index in [1.165, 1.54) is 0 Å². The van der Waals surface area contributed by atoms with Crippen LogP contribution in [-0.4, -0.2) is 28.4 Å². The third kappa shape index (κ3) is 3.17. The van der Waals surface area contributed by atoms with E-state index in [9.17, 15) is 4.79 Å². The number of rotatable bonds is 5. The first-order valence-electron chi connectivity index (χ1n) is 5.87. The van der Waals surface area contributed by atoms with Gasteiger partial charge in [0.1, 0.15) is 5.82 Å². The number of aromatic nitrogens is 1. The number of nitrogens with one attached hydrogen (secondary N) is 1. The van der Waals surface area contributed by atoms with Crippen molar-refractivity contribution >= 4 is 11.7 Å². The van der Waals surface area contributed by atoms with E-state index in [2.05, 4.69) is 17.3 Å². The van der Waals surface area contributed by atoms with Crippen molar-refractivity contribution in [2.24, 2.45) is 5.84 Å². The zero-order valence-corrected chi connectivity index (χ0v) is 10.6. The van der Waals surface area contributed by atoms with E-state index >= 15 is 0 Å². The van der Waals surface area contributed by atoms with Gasteiger partial charge in [-0.3, -0.25) is 4.79 Å². The van der Waals surface area contributed by atoms with Crippen molar-refractivity contribution in [2.75, 3.05) is 12.0 Å². The van der Waals surface area contributed by atoms with Crippen molar-refractivity contribution in [1.29, 1.82) is 0 Å². The molecule has 0 aliphatic heterocycles. The minimum Gasteiger partial charge on any atom is -0.336 e. The van der Waals surface area contributed by atoms with Crippen LogP contribution in [0.2, 0.25) is 0 Å². The number of nitrogens with two attached hydrogens (primary N) is 1. The second-order valence-electron chi connectivity index (χ2n) is 3.92. The third-order valence-electron chi connectivity index (χ3n) is 2.88. The summed E-state index contributed by atoms with van der Waals surface area (Å²) in [5, 5.41) is 0. The summed E-state index contributed by atoms with van der Waals surface area (Å²) in [6.45, 7) is 6.79. The maximum absolute atomic E-state index is 12.3. The van der Waals surface area contributed by atoms with Gasteiger partial charge in [0.2, 0.25) is 0 Å². The van der Waals surface area contributed by atoms with Crippen molar-refractivity contribution in [3.63, 3.8) is 0 Å². The highest BCUT2D eigenvalue weighted by molar-refractivity contribution is 5.95. The van der Waals surface area contributed by atoms with Crippen LogP contribution >= 0.6 is 0 Å². The van der Waals surface area contributed by atoms with Crippen LogP contribution in [-0.2, 0) is 0 Å². The van der Waals surface area contributed by atoms with Crippen LogP contribution in [0, 0.1) is 0 Å². The summed E-state index contributed by atoms with van der Waals surface area (Å²) in [6, 6.07) is 3.59. The largest absolute Gasteiger partial charge is 0.336 e. The molecule has 17 heavy (non-hydrogen) atoms. The van der Waals surface area contributed by atoms with Crippen molar-refractivity contribution in [3.8, 4) is 0 Å². The molecule has 1 rings (SSSR count). The van der Waals surface area contributed by atoms with E-state index in [1.54, 1.807) is 18.3 Å². The van der Waals surface area contributed by atoms with Gasteiger partial charge in [-0.15, -0.1) is 0 Å². The molecule has 0 aliphatic rings. The Morgan fingerprint density at radius 3 is 2.82 bits per heavy atom. The normalized spacial score (nSPS) is 12.0. The Labute approximate surface area is 102 Å². The van der Waals surface area contributed by atoms with Crippen molar-refractivity contribution in [3.05, 3.63) is 23.9 Å². The highest BCUT2D eigenvalue weighted by Crippen LogP contribution is 2.12. The van der Waals surface area contributed by atoms with Crippen molar-refractivity contribution in [2.45, 2.75) is 33.2 Å². The molecule has 0 aliphatic carbocycles. The predicted molar refractivity (Wildman–Crippen MR) is 68.5 cm³/mol. The number of hydrogen-bond donors (Lipinski definition) is 2. The average molecular weight is 236 g/mol. The van der Waals surface area contributed by atoms with E-state index in [-0.39, 0.29) is 11.9 Å². The number of hydrogen-bond acceptors (Lipinski definition) is 4. The monoisotopic (exact) mass is 236 g/mol. The first-order chi connectivity index (χ1) is 8.13.